The fourth-order valence-electron chi connectivity index (χ4n) is 1.81. The summed E-state index contributed by atoms with van der Waals surface area (Å²) < 4.78 is 0. The normalized spacial score (nSPS) is 14.9. The standard InChI is InChI=1S/C13H13NO2/c1-2-3-6-9-14-12(15)10-7-4-5-8-11(10)13(14)16/h2-5,7-8H,6,9H2,1H3/b3-2+. The minimum atomic E-state index is -0.176. The number of imide groups is 1. The summed E-state index contributed by atoms with van der Waals surface area (Å²) in [4.78, 5) is 25.1. The van der Waals surface area contributed by atoms with E-state index >= 15 is 0 Å². The molecule has 0 radical (unpaired) electrons. The second-order valence-corrected chi connectivity index (χ2v) is 3.67. The molecule has 3 nitrogen and oxygen atoms in total. The molecule has 82 valence electrons. The molecule has 0 bridgehead atoms. The van der Waals surface area contributed by atoms with Crippen molar-refractivity contribution < 1.29 is 9.59 Å². The van der Waals surface area contributed by atoms with Gasteiger partial charge in [-0.05, 0) is 25.5 Å². The predicted molar refractivity (Wildman–Crippen MR) is 61.2 cm³/mol. The Bertz CT molecular complexity index is 428. The van der Waals surface area contributed by atoms with Crippen molar-refractivity contribution in [3.05, 3.63) is 47.5 Å². The summed E-state index contributed by atoms with van der Waals surface area (Å²) in [6.07, 6.45) is 4.57. The maximum Gasteiger partial charge on any atom is 0.261 e. The number of allylic oxidation sites excluding steroid dienone is 1. The number of benzene rings is 1. The quantitative estimate of drug-likeness (QED) is 0.573. The number of rotatable bonds is 3. The molecule has 1 aromatic carbocycles. The minimum absolute atomic E-state index is 0.176. The summed E-state index contributed by atoms with van der Waals surface area (Å²) in [6, 6.07) is 6.95. The molecule has 0 saturated carbocycles. The van der Waals surface area contributed by atoms with Crippen molar-refractivity contribution >= 4 is 11.8 Å². The van der Waals surface area contributed by atoms with Gasteiger partial charge in [-0.25, -0.2) is 0 Å². The first-order chi connectivity index (χ1) is 7.75. The van der Waals surface area contributed by atoms with E-state index in [9.17, 15) is 9.59 Å². The van der Waals surface area contributed by atoms with Crippen LogP contribution >= 0.6 is 0 Å². The van der Waals surface area contributed by atoms with Gasteiger partial charge in [0.05, 0.1) is 11.1 Å². The Balaban J connectivity index is 2.21. The summed E-state index contributed by atoms with van der Waals surface area (Å²) in [6.45, 7) is 2.37. The van der Waals surface area contributed by atoms with Gasteiger partial charge >= 0.3 is 0 Å². The lowest BCUT2D eigenvalue weighted by Crippen LogP contribution is -2.30. The van der Waals surface area contributed by atoms with Crippen LogP contribution in [-0.2, 0) is 0 Å². The average Bonchev–Trinajstić information content (AvgIpc) is 2.55. The van der Waals surface area contributed by atoms with Crippen LogP contribution in [0.25, 0.3) is 0 Å². The lowest BCUT2D eigenvalue weighted by molar-refractivity contribution is 0.0657. The van der Waals surface area contributed by atoms with E-state index in [4.69, 9.17) is 0 Å². The Morgan fingerprint density at radius 3 is 2.19 bits per heavy atom. The summed E-state index contributed by atoms with van der Waals surface area (Å²) in [5.74, 6) is -0.352. The Morgan fingerprint density at radius 2 is 1.69 bits per heavy atom. The first-order valence-corrected chi connectivity index (χ1v) is 5.32. The van der Waals surface area contributed by atoms with Crippen LogP contribution in [0.3, 0.4) is 0 Å². The van der Waals surface area contributed by atoms with Crippen LogP contribution in [-0.4, -0.2) is 23.3 Å². The molecule has 0 N–H and O–H groups in total. The van der Waals surface area contributed by atoms with E-state index in [0.717, 1.165) is 0 Å². The van der Waals surface area contributed by atoms with Gasteiger partial charge in [0.15, 0.2) is 0 Å². The van der Waals surface area contributed by atoms with Crippen molar-refractivity contribution in [1.29, 1.82) is 0 Å². The third kappa shape index (κ3) is 1.65. The van der Waals surface area contributed by atoms with E-state index in [1.165, 1.54) is 4.90 Å². The van der Waals surface area contributed by atoms with E-state index in [-0.39, 0.29) is 11.8 Å². The van der Waals surface area contributed by atoms with E-state index in [2.05, 4.69) is 0 Å². The zero-order chi connectivity index (χ0) is 11.5. The highest BCUT2D eigenvalue weighted by Gasteiger charge is 2.34. The molecule has 0 spiro atoms. The van der Waals surface area contributed by atoms with Crippen LogP contribution in [0.15, 0.2) is 36.4 Å². The van der Waals surface area contributed by atoms with Crippen molar-refractivity contribution in [2.45, 2.75) is 13.3 Å². The predicted octanol–water partition coefficient (Wildman–Crippen LogP) is 2.25. The molecule has 3 heteroatoms. The van der Waals surface area contributed by atoms with Crippen LogP contribution < -0.4 is 0 Å². The minimum Gasteiger partial charge on any atom is -0.274 e. The largest absolute Gasteiger partial charge is 0.274 e. The second kappa shape index (κ2) is 4.31. The van der Waals surface area contributed by atoms with E-state index in [1.54, 1.807) is 24.3 Å². The van der Waals surface area contributed by atoms with E-state index in [0.29, 0.717) is 24.1 Å². The zero-order valence-electron chi connectivity index (χ0n) is 9.14. The van der Waals surface area contributed by atoms with Crippen molar-refractivity contribution in [3.8, 4) is 0 Å². The molecule has 1 aliphatic heterocycles. The number of carbonyl (C=O) groups excluding carboxylic acids is 2. The van der Waals surface area contributed by atoms with Gasteiger partial charge in [0.25, 0.3) is 11.8 Å². The molecule has 0 aliphatic carbocycles. The van der Waals surface area contributed by atoms with Crippen molar-refractivity contribution in [2.24, 2.45) is 0 Å². The molecule has 2 rings (SSSR count). The topological polar surface area (TPSA) is 37.4 Å². The van der Waals surface area contributed by atoms with E-state index in [1.807, 2.05) is 19.1 Å². The fourth-order valence-corrected chi connectivity index (χ4v) is 1.81. The highest BCUT2D eigenvalue weighted by atomic mass is 16.2. The van der Waals surface area contributed by atoms with Gasteiger partial charge in [0.2, 0.25) is 0 Å². The van der Waals surface area contributed by atoms with Crippen LogP contribution in [0.1, 0.15) is 34.1 Å². The van der Waals surface area contributed by atoms with Gasteiger partial charge in [0.1, 0.15) is 0 Å². The van der Waals surface area contributed by atoms with Crippen LogP contribution in [0.2, 0.25) is 0 Å². The highest BCUT2D eigenvalue weighted by molar-refractivity contribution is 6.21. The fraction of sp³-hybridized carbons (Fsp3) is 0.231. The second-order valence-electron chi connectivity index (χ2n) is 3.67. The number of hydrogen-bond acceptors (Lipinski definition) is 2. The molecule has 0 aromatic heterocycles. The summed E-state index contributed by atoms with van der Waals surface area (Å²) in [5.41, 5.74) is 1.04. The highest BCUT2D eigenvalue weighted by Crippen LogP contribution is 2.22. The third-order valence-electron chi connectivity index (χ3n) is 2.63. The van der Waals surface area contributed by atoms with E-state index < -0.39 is 0 Å². The average molecular weight is 215 g/mol. The Morgan fingerprint density at radius 1 is 1.12 bits per heavy atom. The van der Waals surface area contributed by atoms with Crippen LogP contribution in [0.5, 0.6) is 0 Å². The van der Waals surface area contributed by atoms with Gasteiger partial charge in [-0.3, -0.25) is 14.5 Å². The zero-order valence-corrected chi connectivity index (χ0v) is 9.14. The molecule has 1 aliphatic rings. The molecule has 0 unspecified atom stereocenters. The molecule has 0 atom stereocenters. The van der Waals surface area contributed by atoms with Crippen molar-refractivity contribution in [1.82, 2.24) is 4.90 Å². The first-order valence-electron chi connectivity index (χ1n) is 5.32. The number of carbonyl (C=O) groups is 2. The monoisotopic (exact) mass is 215 g/mol. The molecule has 0 saturated heterocycles. The van der Waals surface area contributed by atoms with Crippen molar-refractivity contribution in [3.63, 3.8) is 0 Å². The number of nitrogens with zero attached hydrogens (tertiary/aromatic N) is 1. The van der Waals surface area contributed by atoms with Crippen LogP contribution in [0.4, 0.5) is 0 Å². The molecular weight excluding hydrogens is 202 g/mol. The maximum absolute atomic E-state index is 11.9. The molecule has 16 heavy (non-hydrogen) atoms. The number of hydrogen-bond donors (Lipinski definition) is 0. The van der Waals surface area contributed by atoms with Gasteiger partial charge in [-0.15, -0.1) is 0 Å². The first kappa shape index (κ1) is 10.6. The van der Waals surface area contributed by atoms with Crippen molar-refractivity contribution in [2.75, 3.05) is 6.54 Å². The lowest BCUT2D eigenvalue weighted by Gasteiger charge is -2.11. The smallest absolute Gasteiger partial charge is 0.261 e. The molecule has 1 aromatic rings. The molecule has 2 amide bonds. The lowest BCUT2D eigenvalue weighted by atomic mass is 10.1. The maximum atomic E-state index is 11.9. The van der Waals surface area contributed by atoms with Gasteiger partial charge < -0.3 is 0 Å². The van der Waals surface area contributed by atoms with Gasteiger partial charge in [-0.1, -0.05) is 24.3 Å². The molecule has 0 fully saturated rings. The Labute approximate surface area is 94.4 Å². The molecule has 1 heterocycles. The Kier molecular flexibility index (Phi) is 2.86. The van der Waals surface area contributed by atoms with Gasteiger partial charge in [-0.2, -0.15) is 0 Å². The summed E-state index contributed by atoms with van der Waals surface area (Å²) in [5, 5.41) is 0. The summed E-state index contributed by atoms with van der Waals surface area (Å²) >= 11 is 0. The Hall–Kier alpha value is -1.90. The van der Waals surface area contributed by atoms with Crippen LogP contribution in [0, 0.1) is 0 Å². The number of amides is 2. The molecular formula is C13H13NO2. The third-order valence-corrected chi connectivity index (χ3v) is 2.63. The SMILES string of the molecule is C/C=C/CCN1C(=O)c2ccccc2C1=O. The number of fused-ring (bicyclic) bond motifs is 1. The van der Waals surface area contributed by atoms with Gasteiger partial charge in [0, 0.05) is 6.54 Å². The summed E-state index contributed by atoms with van der Waals surface area (Å²) in [7, 11) is 0.